The molecule has 1 saturated heterocycles. The van der Waals surface area contributed by atoms with Gasteiger partial charge in [0.25, 0.3) is 5.91 Å². The van der Waals surface area contributed by atoms with Gasteiger partial charge in [-0.3, -0.25) is 4.79 Å². The van der Waals surface area contributed by atoms with E-state index in [4.69, 9.17) is 4.52 Å². The van der Waals surface area contributed by atoms with Gasteiger partial charge in [0.05, 0.1) is 22.5 Å². The second kappa shape index (κ2) is 8.06. The number of aromatic nitrogens is 5. The summed E-state index contributed by atoms with van der Waals surface area (Å²) in [5, 5.41) is 4.01. The Labute approximate surface area is 169 Å². The Balaban J connectivity index is 1.46. The van der Waals surface area contributed by atoms with Gasteiger partial charge in [0.15, 0.2) is 0 Å². The molecular formula is C21H24N6O2. The highest BCUT2D eigenvalue weighted by molar-refractivity contribution is 5.93. The molecular weight excluding hydrogens is 368 g/mol. The summed E-state index contributed by atoms with van der Waals surface area (Å²) >= 11 is 0. The topological polar surface area (TPSA) is 97.9 Å². The maximum Gasteiger partial charge on any atom is 0.256 e. The summed E-state index contributed by atoms with van der Waals surface area (Å²) in [5.74, 6) is 1.76. The third kappa shape index (κ3) is 4.16. The first kappa shape index (κ1) is 19.2. The molecule has 0 bridgehead atoms. The molecule has 1 atom stereocenters. The van der Waals surface area contributed by atoms with Crippen LogP contribution >= 0.6 is 0 Å². The van der Waals surface area contributed by atoms with E-state index in [2.05, 4.69) is 25.1 Å². The largest absolute Gasteiger partial charge is 0.361 e. The van der Waals surface area contributed by atoms with Crippen LogP contribution in [0.3, 0.4) is 0 Å². The molecule has 0 unspecified atom stereocenters. The Morgan fingerprint density at radius 2 is 1.97 bits per heavy atom. The Hall–Kier alpha value is -3.16. The number of carbonyl (C=O) groups excluding carboxylic acids is 1. The molecule has 8 nitrogen and oxygen atoms in total. The van der Waals surface area contributed by atoms with Gasteiger partial charge in [-0.05, 0) is 52.0 Å². The fourth-order valence-electron chi connectivity index (χ4n) is 3.89. The molecule has 0 spiro atoms. The highest BCUT2D eigenvalue weighted by atomic mass is 16.5. The molecule has 29 heavy (non-hydrogen) atoms. The van der Waals surface area contributed by atoms with Crippen LogP contribution in [0, 0.1) is 26.7 Å². The molecule has 1 aliphatic heterocycles. The quantitative estimate of drug-likeness (QED) is 0.673. The lowest BCUT2D eigenvalue weighted by Crippen LogP contribution is -2.40. The van der Waals surface area contributed by atoms with E-state index in [0.29, 0.717) is 23.9 Å². The minimum Gasteiger partial charge on any atom is -0.361 e. The number of aryl methyl sites for hydroxylation is 3. The molecule has 150 valence electrons. The van der Waals surface area contributed by atoms with Crippen LogP contribution in [0.1, 0.15) is 46.2 Å². The highest BCUT2D eigenvalue weighted by Gasteiger charge is 2.25. The third-order valence-corrected chi connectivity index (χ3v) is 5.35. The van der Waals surface area contributed by atoms with E-state index in [0.717, 1.165) is 54.2 Å². The number of nitrogens with zero attached hydrogens (tertiary/aromatic N) is 6. The zero-order chi connectivity index (χ0) is 20.4. The molecule has 1 amide bonds. The minimum atomic E-state index is -0.00574. The fraction of sp³-hybridized carbons (Fsp3) is 0.429. The molecule has 8 heteroatoms. The molecule has 4 heterocycles. The van der Waals surface area contributed by atoms with Crippen molar-refractivity contribution in [2.45, 2.75) is 40.0 Å². The molecule has 3 aromatic rings. The van der Waals surface area contributed by atoms with E-state index in [9.17, 15) is 4.79 Å². The average molecular weight is 392 g/mol. The zero-order valence-corrected chi connectivity index (χ0v) is 16.9. The van der Waals surface area contributed by atoms with Gasteiger partial charge in [-0.1, -0.05) is 5.16 Å². The van der Waals surface area contributed by atoms with Crippen LogP contribution in [0.15, 0.2) is 29.3 Å². The number of likely N-dealkylation sites (tertiary alicyclic amines) is 1. The Kier molecular flexibility index (Phi) is 5.33. The number of piperidine rings is 1. The van der Waals surface area contributed by atoms with Gasteiger partial charge in [0.2, 0.25) is 0 Å². The Morgan fingerprint density at radius 1 is 1.17 bits per heavy atom. The highest BCUT2D eigenvalue weighted by Crippen LogP contribution is 2.27. The second-order valence-corrected chi connectivity index (χ2v) is 7.58. The number of carbonyl (C=O) groups is 1. The normalized spacial score (nSPS) is 16.8. The van der Waals surface area contributed by atoms with Crippen LogP contribution in [0.4, 0.5) is 0 Å². The molecule has 1 fully saturated rings. The van der Waals surface area contributed by atoms with Gasteiger partial charge in [0, 0.05) is 31.2 Å². The zero-order valence-electron chi connectivity index (χ0n) is 16.9. The SMILES string of the molecule is Cc1ncc(C(=O)N2CCC[C@H](Cc3cc(-c4c(C)noc4C)ncn3)C2)cn1. The Bertz CT molecular complexity index is 995. The summed E-state index contributed by atoms with van der Waals surface area (Å²) in [7, 11) is 0. The van der Waals surface area contributed by atoms with Crippen LogP contribution in [-0.4, -0.2) is 49.0 Å². The van der Waals surface area contributed by atoms with Crippen molar-refractivity contribution in [3.63, 3.8) is 0 Å². The van der Waals surface area contributed by atoms with Crippen molar-refractivity contribution in [3.05, 3.63) is 53.3 Å². The summed E-state index contributed by atoms with van der Waals surface area (Å²) in [6.45, 7) is 7.07. The van der Waals surface area contributed by atoms with Crippen molar-refractivity contribution in [3.8, 4) is 11.3 Å². The van der Waals surface area contributed by atoms with Crippen LogP contribution in [-0.2, 0) is 6.42 Å². The number of hydrogen-bond acceptors (Lipinski definition) is 7. The third-order valence-electron chi connectivity index (χ3n) is 5.35. The van der Waals surface area contributed by atoms with Gasteiger partial charge in [-0.15, -0.1) is 0 Å². The van der Waals surface area contributed by atoms with E-state index < -0.39 is 0 Å². The lowest BCUT2D eigenvalue weighted by Gasteiger charge is -2.32. The summed E-state index contributed by atoms with van der Waals surface area (Å²) in [5.41, 5.74) is 4.08. The second-order valence-electron chi connectivity index (χ2n) is 7.58. The summed E-state index contributed by atoms with van der Waals surface area (Å²) in [4.78, 5) is 31.8. The van der Waals surface area contributed by atoms with Gasteiger partial charge < -0.3 is 9.42 Å². The van der Waals surface area contributed by atoms with E-state index >= 15 is 0 Å². The van der Waals surface area contributed by atoms with Gasteiger partial charge in [0.1, 0.15) is 17.9 Å². The lowest BCUT2D eigenvalue weighted by atomic mass is 9.92. The molecule has 4 rings (SSSR count). The standard InChI is InChI=1S/C21H24N6O2/c1-13-20(14(2)29-26-13)19-8-18(24-12-25-19)7-16-5-4-6-27(11-16)21(28)17-9-22-15(3)23-10-17/h8-10,12,16H,4-7,11H2,1-3H3/t16-/m1/s1. The smallest absolute Gasteiger partial charge is 0.256 e. The summed E-state index contributed by atoms with van der Waals surface area (Å²) < 4.78 is 5.26. The van der Waals surface area contributed by atoms with Crippen molar-refractivity contribution in [1.29, 1.82) is 0 Å². The lowest BCUT2D eigenvalue weighted by molar-refractivity contribution is 0.0672. The maximum absolute atomic E-state index is 12.8. The number of hydrogen-bond donors (Lipinski definition) is 0. The first-order valence-corrected chi connectivity index (χ1v) is 9.83. The molecule has 0 N–H and O–H groups in total. The molecule has 0 saturated carbocycles. The number of rotatable bonds is 4. The summed E-state index contributed by atoms with van der Waals surface area (Å²) in [6.07, 6.45) is 7.64. The van der Waals surface area contributed by atoms with Crippen LogP contribution in [0.5, 0.6) is 0 Å². The average Bonchev–Trinajstić information content (AvgIpc) is 3.06. The number of amides is 1. The van der Waals surface area contributed by atoms with Crippen molar-refractivity contribution in [2.75, 3.05) is 13.1 Å². The molecule has 1 aliphatic rings. The van der Waals surface area contributed by atoms with Crippen molar-refractivity contribution >= 4 is 5.91 Å². The van der Waals surface area contributed by atoms with Crippen molar-refractivity contribution < 1.29 is 9.32 Å². The predicted octanol–water partition coefficient (Wildman–Crippen LogP) is 2.94. The summed E-state index contributed by atoms with van der Waals surface area (Å²) in [6, 6.07) is 2.00. The van der Waals surface area contributed by atoms with Crippen LogP contribution in [0.2, 0.25) is 0 Å². The first-order chi connectivity index (χ1) is 14.0. The fourth-order valence-corrected chi connectivity index (χ4v) is 3.89. The van der Waals surface area contributed by atoms with Gasteiger partial charge in [-0.25, -0.2) is 19.9 Å². The first-order valence-electron chi connectivity index (χ1n) is 9.83. The van der Waals surface area contributed by atoms with Crippen LogP contribution < -0.4 is 0 Å². The minimum absolute atomic E-state index is 0.00574. The maximum atomic E-state index is 12.8. The van der Waals surface area contributed by atoms with Gasteiger partial charge >= 0.3 is 0 Å². The van der Waals surface area contributed by atoms with Crippen LogP contribution in [0.25, 0.3) is 11.3 Å². The Morgan fingerprint density at radius 3 is 2.69 bits per heavy atom. The van der Waals surface area contributed by atoms with E-state index in [1.165, 1.54) is 0 Å². The monoisotopic (exact) mass is 392 g/mol. The molecule has 0 radical (unpaired) electrons. The molecule has 0 aromatic carbocycles. The van der Waals surface area contributed by atoms with E-state index in [1.54, 1.807) is 18.7 Å². The van der Waals surface area contributed by atoms with Crippen molar-refractivity contribution in [2.24, 2.45) is 5.92 Å². The van der Waals surface area contributed by atoms with Crippen molar-refractivity contribution in [1.82, 2.24) is 30.0 Å². The molecule has 0 aliphatic carbocycles. The van der Waals surface area contributed by atoms with E-state index in [1.807, 2.05) is 31.7 Å². The molecule has 3 aromatic heterocycles. The predicted molar refractivity (Wildman–Crippen MR) is 106 cm³/mol. The van der Waals surface area contributed by atoms with E-state index in [-0.39, 0.29) is 5.91 Å². The van der Waals surface area contributed by atoms with Gasteiger partial charge in [-0.2, -0.15) is 0 Å².